The summed E-state index contributed by atoms with van der Waals surface area (Å²) in [6.45, 7) is 3.52. The molecule has 0 amide bonds. The number of carbonyl (C=O) groups excluding carboxylic acids is 1. The zero-order chi connectivity index (χ0) is 9.82. The number of aliphatic hydroxyl groups is 2. The molecule has 0 bridgehead atoms. The summed E-state index contributed by atoms with van der Waals surface area (Å²) in [5, 5.41) is 16.0. The van der Waals surface area contributed by atoms with Crippen LogP contribution in [0.25, 0.3) is 0 Å². The molecule has 0 aromatic carbocycles. The molecule has 0 heterocycles. The van der Waals surface area contributed by atoms with Crippen molar-refractivity contribution in [3.05, 3.63) is 0 Å². The van der Waals surface area contributed by atoms with E-state index in [1.807, 2.05) is 0 Å². The molecule has 0 aromatic heterocycles. The Kier molecular flexibility index (Phi) is 15.5. The van der Waals surface area contributed by atoms with Crippen LogP contribution >= 0.6 is 0 Å². The second kappa shape index (κ2) is 13.2. The van der Waals surface area contributed by atoms with Crippen LogP contribution in [0.2, 0.25) is 0 Å². The zero-order valence-electron chi connectivity index (χ0n) is 7.99. The SMILES string of the molecule is CC(O)CO.CCCCCC=O. The van der Waals surface area contributed by atoms with Gasteiger partial charge in [-0.3, -0.25) is 0 Å². The highest BCUT2D eigenvalue weighted by molar-refractivity contribution is 5.48. The van der Waals surface area contributed by atoms with Gasteiger partial charge in [-0.05, 0) is 13.3 Å². The summed E-state index contributed by atoms with van der Waals surface area (Å²) in [7, 11) is 0. The normalized spacial score (nSPS) is 11.3. The molecule has 0 saturated heterocycles. The Morgan fingerprint density at radius 2 is 1.92 bits per heavy atom. The fraction of sp³-hybridized carbons (Fsp3) is 0.889. The largest absolute Gasteiger partial charge is 0.394 e. The van der Waals surface area contributed by atoms with Gasteiger partial charge in [-0.2, -0.15) is 0 Å². The molecule has 0 aliphatic rings. The van der Waals surface area contributed by atoms with Crippen LogP contribution in [-0.2, 0) is 4.79 Å². The van der Waals surface area contributed by atoms with Crippen molar-refractivity contribution in [1.29, 1.82) is 0 Å². The van der Waals surface area contributed by atoms with Crippen LogP contribution in [0.5, 0.6) is 0 Å². The molecular weight excluding hydrogens is 156 g/mol. The van der Waals surface area contributed by atoms with Gasteiger partial charge in [-0.15, -0.1) is 0 Å². The van der Waals surface area contributed by atoms with Gasteiger partial charge in [0.1, 0.15) is 6.29 Å². The van der Waals surface area contributed by atoms with E-state index >= 15 is 0 Å². The standard InChI is InChI=1S/C6H12O.C3H8O2/c1-2-3-4-5-6-7;1-3(5)2-4/h6H,2-5H2,1H3;3-5H,2H2,1H3. The van der Waals surface area contributed by atoms with Crippen molar-refractivity contribution in [2.24, 2.45) is 0 Å². The van der Waals surface area contributed by atoms with E-state index < -0.39 is 6.10 Å². The van der Waals surface area contributed by atoms with E-state index in [-0.39, 0.29) is 6.61 Å². The fourth-order valence-electron chi connectivity index (χ4n) is 0.478. The predicted octanol–water partition coefficient (Wildman–Crippen LogP) is 1.13. The highest BCUT2D eigenvalue weighted by Crippen LogP contribution is 1.94. The number of rotatable bonds is 5. The van der Waals surface area contributed by atoms with Gasteiger partial charge in [0.2, 0.25) is 0 Å². The number of unbranched alkanes of at least 4 members (excludes halogenated alkanes) is 3. The molecule has 2 N–H and O–H groups in total. The number of aliphatic hydroxyl groups excluding tert-OH is 2. The summed E-state index contributed by atoms with van der Waals surface area (Å²) in [6, 6.07) is 0. The smallest absolute Gasteiger partial charge is 0.119 e. The van der Waals surface area contributed by atoms with Gasteiger partial charge >= 0.3 is 0 Å². The monoisotopic (exact) mass is 176 g/mol. The molecule has 1 atom stereocenters. The Morgan fingerprint density at radius 1 is 1.42 bits per heavy atom. The summed E-state index contributed by atoms with van der Waals surface area (Å²) in [4.78, 5) is 9.68. The van der Waals surface area contributed by atoms with E-state index in [4.69, 9.17) is 10.2 Å². The molecule has 0 rings (SSSR count). The van der Waals surface area contributed by atoms with Gasteiger partial charge in [-0.1, -0.05) is 19.8 Å². The van der Waals surface area contributed by atoms with Crippen molar-refractivity contribution in [2.75, 3.05) is 6.61 Å². The van der Waals surface area contributed by atoms with Crippen LogP contribution < -0.4 is 0 Å². The van der Waals surface area contributed by atoms with Crippen LogP contribution in [0.3, 0.4) is 0 Å². The van der Waals surface area contributed by atoms with Crippen LogP contribution in [0.1, 0.15) is 39.5 Å². The molecule has 0 saturated carbocycles. The Bertz CT molecular complexity index is 81.8. The lowest BCUT2D eigenvalue weighted by atomic mass is 10.2. The average Bonchev–Trinajstić information content (AvgIpc) is 2.07. The molecule has 1 unspecified atom stereocenters. The maximum Gasteiger partial charge on any atom is 0.119 e. The van der Waals surface area contributed by atoms with Crippen molar-refractivity contribution < 1.29 is 15.0 Å². The first-order valence-electron chi connectivity index (χ1n) is 4.41. The predicted molar refractivity (Wildman–Crippen MR) is 49.0 cm³/mol. The molecule has 3 heteroatoms. The highest BCUT2D eigenvalue weighted by atomic mass is 16.3. The van der Waals surface area contributed by atoms with Gasteiger partial charge in [0, 0.05) is 6.42 Å². The van der Waals surface area contributed by atoms with E-state index in [1.165, 1.54) is 19.8 Å². The average molecular weight is 176 g/mol. The van der Waals surface area contributed by atoms with Gasteiger partial charge in [0.25, 0.3) is 0 Å². The minimum atomic E-state index is -0.560. The van der Waals surface area contributed by atoms with E-state index in [1.54, 1.807) is 0 Å². The van der Waals surface area contributed by atoms with Gasteiger partial charge in [0.05, 0.1) is 12.7 Å². The van der Waals surface area contributed by atoms with Crippen molar-refractivity contribution >= 4 is 6.29 Å². The molecule has 0 fully saturated rings. The van der Waals surface area contributed by atoms with Gasteiger partial charge in [-0.25, -0.2) is 0 Å². The van der Waals surface area contributed by atoms with Crippen molar-refractivity contribution in [3.8, 4) is 0 Å². The molecule has 12 heavy (non-hydrogen) atoms. The quantitative estimate of drug-likeness (QED) is 0.487. The van der Waals surface area contributed by atoms with Crippen molar-refractivity contribution in [1.82, 2.24) is 0 Å². The summed E-state index contributed by atoms with van der Waals surface area (Å²) in [6.07, 6.45) is 4.63. The maximum absolute atomic E-state index is 9.68. The third-order valence-electron chi connectivity index (χ3n) is 1.19. The maximum atomic E-state index is 9.68. The van der Waals surface area contributed by atoms with Crippen LogP contribution in [0.15, 0.2) is 0 Å². The second-order valence-corrected chi connectivity index (χ2v) is 2.69. The zero-order valence-corrected chi connectivity index (χ0v) is 7.99. The van der Waals surface area contributed by atoms with E-state index in [0.29, 0.717) is 0 Å². The van der Waals surface area contributed by atoms with E-state index in [2.05, 4.69) is 6.92 Å². The number of hydrogen-bond donors (Lipinski definition) is 2. The Balaban J connectivity index is 0. The van der Waals surface area contributed by atoms with Crippen molar-refractivity contribution in [2.45, 2.75) is 45.6 Å². The fourth-order valence-corrected chi connectivity index (χ4v) is 0.478. The Labute approximate surface area is 74.4 Å². The van der Waals surface area contributed by atoms with E-state index in [0.717, 1.165) is 19.1 Å². The summed E-state index contributed by atoms with van der Waals surface area (Å²) in [5.74, 6) is 0. The molecule has 0 aliphatic carbocycles. The topological polar surface area (TPSA) is 57.5 Å². The molecule has 3 nitrogen and oxygen atoms in total. The minimum absolute atomic E-state index is 0.139. The van der Waals surface area contributed by atoms with Crippen LogP contribution in [0, 0.1) is 0 Å². The summed E-state index contributed by atoms with van der Waals surface area (Å²) >= 11 is 0. The van der Waals surface area contributed by atoms with Crippen molar-refractivity contribution in [3.63, 3.8) is 0 Å². The molecule has 0 aliphatic heterocycles. The number of aldehydes is 1. The first-order chi connectivity index (χ1) is 5.68. The molecule has 74 valence electrons. The highest BCUT2D eigenvalue weighted by Gasteiger charge is 1.83. The number of carbonyl (C=O) groups is 1. The molecule has 0 aromatic rings. The lowest BCUT2D eigenvalue weighted by Gasteiger charge is -1.90. The lowest BCUT2D eigenvalue weighted by molar-refractivity contribution is -0.107. The molecule has 0 spiro atoms. The van der Waals surface area contributed by atoms with Crippen LogP contribution in [-0.4, -0.2) is 29.2 Å². The second-order valence-electron chi connectivity index (χ2n) is 2.69. The van der Waals surface area contributed by atoms with E-state index in [9.17, 15) is 4.79 Å². The first kappa shape index (κ1) is 14.1. The Morgan fingerprint density at radius 3 is 2.17 bits per heavy atom. The third-order valence-corrected chi connectivity index (χ3v) is 1.19. The summed E-state index contributed by atoms with van der Waals surface area (Å²) in [5.41, 5.74) is 0. The van der Waals surface area contributed by atoms with Crippen LogP contribution in [0.4, 0.5) is 0 Å². The van der Waals surface area contributed by atoms with Gasteiger partial charge in [0.15, 0.2) is 0 Å². The summed E-state index contributed by atoms with van der Waals surface area (Å²) < 4.78 is 0. The lowest BCUT2D eigenvalue weighted by Crippen LogP contribution is -2.03. The number of hydrogen-bond acceptors (Lipinski definition) is 3. The first-order valence-corrected chi connectivity index (χ1v) is 4.41. The third kappa shape index (κ3) is 22.6. The van der Waals surface area contributed by atoms with Gasteiger partial charge < -0.3 is 15.0 Å². The Hall–Kier alpha value is -0.410. The minimum Gasteiger partial charge on any atom is -0.394 e. The molecule has 0 radical (unpaired) electrons. The molecular formula is C9H20O3.